The number of carbonyl (C=O) groups is 3. The number of hydrogen-bond acceptors (Lipinski definition) is 6. The summed E-state index contributed by atoms with van der Waals surface area (Å²) in [4.78, 5) is 29.1. The summed E-state index contributed by atoms with van der Waals surface area (Å²) in [5.74, 6) is -2.25. The molecule has 0 aliphatic heterocycles. The summed E-state index contributed by atoms with van der Waals surface area (Å²) < 4.78 is 0. The Hall–Kier alpha value is -0.850. The molecule has 6 nitrogen and oxygen atoms in total. The minimum atomic E-state index is -0.963. The van der Waals surface area contributed by atoms with Crippen molar-refractivity contribution in [1.29, 1.82) is 0 Å². The summed E-state index contributed by atoms with van der Waals surface area (Å²) in [6, 6.07) is 0. The Kier molecular flexibility index (Phi) is 24.2. The molecule has 0 unspecified atom stereocenters. The van der Waals surface area contributed by atoms with Crippen LogP contribution in [0.15, 0.2) is 0 Å². The van der Waals surface area contributed by atoms with Crippen LogP contribution in [-0.2, 0) is 36.8 Å². The van der Waals surface area contributed by atoms with E-state index in [2.05, 4.69) is 0 Å². The maximum atomic E-state index is 9.70. The number of carboxylic acid groups (broad SMARTS) is 3. The second-order valence-corrected chi connectivity index (χ2v) is 5.91. The molecule has 0 spiro atoms. The van der Waals surface area contributed by atoms with Crippen LogP contribution in [-0.4, -0.2) is 17.9 Å². The maximum Gasteiger partial charge on any atom is 3.00 e. The van der Waals surface area contributed by atoms with Gasteiger partial charge in [0, 0.05) is 17.9 Å². The summed E-state index contributed by atoms with van der Waals surface area (Å²) in [7, 11) is 0. The molecule has 22 heavy (non-hydrogen) atoms. The molecule has 7 heteroatoms. The third kappa shape index (κ3) is 50.7. The molecule has 0 N–H and O–H groups in total. The molecule has 0 aromatic heterocycles. The Balaban J connectivity index is -0.000000108. The smallest absolute Gasteiger partial charge is 0.550 e. The Morgan fingerprint density at radius 1 is 0.591 bits per heavy atom. The van der Waals surface area contributed by atoms with Crippen molar-refractivity contribution in [3.8, 4) is 0 Å². The van der Waals surface area contributed by atoms with E-state index in [0.29, 0.717) is 0 Å². The van der Waals surface area contributed by atoms with Crippen molar-refractivity contribution in [3.05, 3.63) is 0 Å². The van der Waals surface area contributed by atoms with Crippen LogP contribution in [0.4, 0.5) is 0 Å². The van der Waals surface area contributed by atoms with E-state index >= 15 is 0 Å². The first-order chi connectivity index (χ1) is 9.38. The molecule has 0 aromatic carbocycles. The summed E-state index contributed by atoms with van der Waals surface area (Å²) in [5.41, 5.74) is 0. The number of carboxylic acids is 3. The van der Waals surface area contributed by atoms with Gasteiger partial charge in [-0.05, 0) is 37.0 Å². The Labute approximate surface area is 148 Å². The fourth-order valence-electron chi connectivity index (χ4n) is 1.00. The summed E-state index contributed by atoms with van der Waals surface area (Å²) in [6.45, 7) is 11.1. The Morgan fingerprint density at radius 2 is 0.727 bits per heavy atom. The summed E-state index contributed by atoms with van der Waals surface area (Å²) in [6.07, 6.45) is 0.500. The van der Waals surface area contributed by atoms with Gasteiger partial charge in [0.05, 0.1) is 0 Å². The van der Waals surface area contributed by atoms with Gasteiger partial charge in [-0.2, -0.15) is 0 Å². The zero-order valence-electron chi connectivity index (χ0n) is 14.3. The molecule has 0 saturated heterocycles. The monoisotopic (exact) mass is 396 g/mol. The van der Waals surface area contributed by atoms with Gasteiger partial charge in [-0.3, -0.25) is 0 Å². The molecule has 0 fully saturated rings. The normalized spacial score (nSPS) is 9.14. The predicted octanol–water partition coefficient (Wildman–Crippen LogP) is -0.655. The van der Waals surface area contributed by atoms with Gasteiger partial charge in [-0.1, -0.05) is 41.5 Å². The molecule has 0 atom stereocenters. The van der Waals surface area contributed by atoms with Crippen LogP contribution in [0.3, 0.4) is 0 Å². The van der Waals surface area contributed by atoms with Crippen molar-refractivity contribution in [3.63, 3.8) is 0 Å². The van der Waals surface area contributed by atoms with Gasteiger partial charge in [-0.15, -0.1) is 0 Å². The maximum absolute atomic E-state index is 9.70. The minimum Gasteiger partial charge on any atom is -0.550 e. The van der Waals surface area contributed by atoms with Crippen LogP contribution in [0.2, 0.25) is 0 Å². The zero-order valence-corrected chi connectivity index (χ0v) is 16.4. The van der Waals surface area contributed by atoms with Gasteiger partial charge in [0.1, 0.15) is 0 Å². The third-order valence-corrected chi connectivity index (χ3v) is 1.72. The molecule has 0 radical (unpaired) electrons. The van der Waals surface area contributed by atoms with Crippen molar-refractivity contribution in [2.24, 2.45) is 17.8 Å². The van der Waals surface area contributed by atoms with E-state index in [0.717, 1.165) is 0 Å². The Morgan fingerprint density at radius 3 is 0.727 bits per heavy atom. The summed E-state index contributed by atoms with van der Waals surface area (Å²) >= 11 is 0. The van der Waals surface area contributed by atoms with Crippen molar-refractivity contribution in [2.45, 2.75) is 60.8 Å². The number of rotatable bonds is 6. The van der Waals surface area contributed by atoms with E-state index in [-0.39, 0.29) is 59.4 Å². The number of aliphatic carboxylic acids is 3. The number of hydrogen-bond donors (Lipinski definition) is 0. The molecule has 0 amide bonds. The van der Waals surface area contributed by atoms with E-state index < -0.39 is 17.9 Å². The molecule has 0 aromatic rings. The van der Waals surface area contributed by atoms with Crippen LogP contribution in [0.25, 0.3) is 0 Å². The quantitative estimate of drug-likeness (QED) is 0.550. The molecule has 0 rings (SSSR count). The van der Waals surface area contributed by atoms with Crippen molar-refractivity contribution < 1.29 is 52.1 Å². The van der Waals surface area contributed by atoms with Crippen LogP contribution >= 0.6 is 0 Å². The SMILES string of the molecule is CC(C)CC(=O)[O-].CC(C)CC(=O)[O-].CC(C)CC(=O)[O-].[Nb+3]. The second kappa shape index (κ2) is 18.2. The molecule has 0 heterocycles. The average molecular weight is 396 g/mol. The molecule has 128 valence electrons. The van der Waals surface area contributed by atoms with Gasteiger partial charge in [0.15, 0.2) is 0 Å². The summed E-state index contributed by atoms with van der Waals surface area (Å²) in [5, 5.41) is 29.1. The van der Waals surface area contributed by atoms with Crippen LogP contribution < -0.4 is 15.3 Å². The average Bonchev–Trinajstić information content (AvgIpc) is 2.10. The molecular formula is C15H27NbO6. The van der Waals surface area contributed by atoms with Crippen molar-refractivity contribution in [2.75, 3.05) is 0 Å². The number of carbonyl (C=O) groups excluding carboxylic acids is 3. The zero-order chi connectivity index (χ0) is 17.6. The first-order valence-electron chi connectivity index (χ1n) is 6.97. The third-order valence-electron chi connectivity index (χ3n) is 1.72. The standard InChI is InChI=1S/3C5H10O2.Nb/c3*1-4(2)3-5(6)7;/h3*4H,3H2,1-2H3,(H,6,7);/q;;;+3/p-3. The first kappa shape index (κ1) is 29.2. The van der Waals surface area contributed by atoms with Crippen LogP contribution in [0.5, 0.6) is 0 Å². The molecule has 0 saturated carbocycles. The van der Waals surface area contributed by atoms with Crippen LogP contribution in [0, 0.1) is 17.8 Å². The van der Waals surface area contributed by atoms with Gasteiger partial charge in [0.25, 0.3) is 0 Å². The molecular weight excluding hydrogens is 369 g/mol. The van der Waals surface area contributed by atoms with Crippen LogP contribution in [0.1, 0.15) is 60.8 Å². The van der Waals surface area contributed by atoms with Crippen molar-refractivity contribution in [1.82, 2.24) is 0 Å². The topological polar surface area (TPSA) is 120 Å². The molecule has 0 bridgehead atoms. The molecule has 0 aliphatic carbocycles. The van der Waals surface area contributed by atoms with E-state index in [4.69, 9.17) is 0 Å². The van der Waals surface area contributed by atoms with Gasteiger partial charge < -0.3 is 29.7 Å². The van der Waals surface area contributed by atoms with Crippen molar-refractivity contribution >= 4 is 17.9 Å². The van der Waals surface area contributed by atoms with E-state index in [1.54, 1.807) is 0 Å². The van der Waals surface area contributed by atoms with E-state index in [1.807, 2.05) is 41.5 Å². The predicted molar refractivity (Wildman–Crippen MR) is 73.4 cm³/mol. The van der Waals surface area contributed by atoms with Gasteiger partial charge in [0.2, 0.25) is 0 Å². The fraction of sp³-hybridized carbons (Fsp3) is 0.800. The fourth-order valence-corrected chi connectivity index (χ4v) is 1.00. The van der Waals surface area contributed by atoms with Gasteiger partial charge >= 0.3 is 22.4 Å². The Bertz CT molecular complexity index is 253. The first-order valence-corrected chi connectivity index (χ1v) is 6.97. The van der Waals surface area contributed by atoms with Gasteiger partial charge in [-0.25, -0.2) is 0 Å². The molecule has 0 aliphatic rings. The van der Waals surface area contributed by atoms with E-state index in [9.17, 15) is 29.7 Å². The second-order valence-electron chi connectivity index (χ2n) is 5.91. The van der Waals surface area contributed by atoms with E-state index in [1.165, 1.54) is 0 Å². The largest absolute Gasteiger partial charge is 3.00 e. The minimum absolute atomic E-state index is 0.